The maximum Gasteiger partial charge on any atom is 0.244 e. The first-order chi connectivity index (χ1) is 17.7. The van der Waals surface area contributed by atoms with Crippen LogP contribution in [-0.4, -0.2) is 69.3 Å². The maximum absolute atomic E-state index is 13.8. The van der Waals surface area contributed by atoms with Gasteiger partial charge in [-0.05, 0) is 51.3 Å². The Labute approximate surface area is 219 Å². The number of benzene rings is 2. The summed E-state index contributed by atoms with van der Waals surface area (Å²) in [5.74, 6) is 0.0491. The average molecular weight is 532 g/mol. The summed E-state index contributed by atoms with van der Waals surface area (Å²) in [6.45, 7) is 7.69. The first-order valence-electron chi connectivity index (χ1n) is 12.7. The van der Waals surface area contributed by atoms with E-state index in [0.717, 1.165) is 9.87 Å². The van der Waals surface area contributed by atoms with Gasteiger partial charge in [-0.15, -0.1) is 0 Å². The van der Waals surface area contributed by atoms with Gasteiger partial charge in [0.25, 0.3) is 0 Å². The lowest BCUT2D eigenvalue weighted by Crippen LogP contribution is -2.54. The molecule has 0 radical (unpaired) electrons. The predicted molar refractivity (Wildman–Crippen MR) is 143 cm³/mol. The van der Waals surface area contributed by atoms with Crippen LogP contribution in [0.15, 0.2) is 48.5 Å². The Morgan fingerprint density at radius 2 is 1.68 bits per heavy atom. The Bertz CT molecular complexity index is 1170. The van der Waals surface area contributed by atoms with Crippen LogP contribution in [-0.2, 0) is 26.0 Å². The van der Waals surface area contributed by atoms with Crippen LogP contribution in [0.5, 0.6) is 11.5 Å². The van der Waals surface area contributed by atoms with Crippen molar-refractivity contribution in [3.8, 4) is 11.5 Å². The van der Waals surface area contributed by atoms with Crippen molar-refractivity contribution in [2.75, 3.05) is 36.4 Å². The van der Waals surface area contributed by atoms with Crippen LogP contribution in [0.2, 0.25) is 0 Å². The van der Waals surface area contributed by atoms with E-state index in [2.05, 4.69) is 5.32 Å². The van der Waals surface area contributed by atoms with Gasteiger partial charge in [0.2, 0.25) is 21.8 Å². The molecule has 1 heterocycles. The van der Waals surface area contributed by atoms with E-state index in [1.807, 2.05) is 51.1 Å². The highest BCUT2D eigenvalue weighted by Gasteiger charge is 2.32. The minimum atomic E-state index is -3.82. The Morgan fingerprint density at radius 1 is 1.00 bits per heavy atom. The van der Waals surface area contributed by atoms with Gasteiger partial charge in [-0.2, -0.15) is 0 Å². The van der Waals surface area contributed by atoms with E-state index in [-0.39, 0.29) is 24.2 Å². The number of carbonyl (C=O) groups is 2. The molecule has 0 spiro atoms. The largest absolute Gasteiger partial charge is 0.486 e. The van der Waals surface area contributed by atoms with Crippen molar-refractivity contribution in [1.82, 2.24) is 10.2 Å². The molecule has 3 rings (SSSR count). The highest BCUT2D eigenvalue weighted by Crippen LogP contribution is 2.35. The summed E-state index contributed by atoms with van der Waals surface area (Å²) < 4.78 is 38.5. The quantitative estimate of drug-likeness (QED) is 0.452. The molecule has 2 aromatic carbocycles. The number of nitrogens with zero attached hydrogens (tertiary/aromatic N) is 2. The summed E-state index contributed by atoms with van der Waals surface area (Å²) in [4.78, 5) is 28.3. The van der Waals surface area contributed by atoms with Crippen molar-refractivity contribution in [3.05, 3.63) is 54.1 Å². The molecule has 0 saturated carbocycles. The number of fused-ring (bicyclic) bond motifs is 1. The fraction of sp³-hybridized carbons (Fsp3) is 0.481. The zero-order chi connectivity index (χ0) is 27.0. The second kappa shape index (κ2) is 12.8. The minimum absolute atomic E-state index is 0.0951. The molecule has 9 nitrogen and oxygen atoms in total. The number of nitrogens with one attached hydrogen (secondary N) is 1. The summed E-state index contributed by atoms with van der Waals surface area (Å²) in [5, 5.41) is 2.89. The number of ether oxygens (including phenoxy) is 2. The molecular weight excluding hydrogens is 494 g/mol. The van der Waals surface area contributed by atoms with Gasteiger partial charge in [-0.1, -0.05) is 37.3 Å². The van der Waals surface area contributed by atoms with Gasteiger partial charge in [0, 0.05) is 18.7 Å². The van der Waals surface area contributed by atoms with Crippen molar-refractivity contribution in [3.63, 3.8) is 0 Å². The number of hydrogen-bond donors (Lipinski definition) is 1. The SMILES string of the molecule is CCC(C(=O)NC(C)C)N(CCc1ccccc1)C(=O)CN(c1ccc2c(c1)OCCO2)S(=O)(=O)CC. The lowest BCUT2D eigenvalue weighted by Gasteiger charge is -2.33. The number of hydrogen-bond acceptors (Lipinski definition) is 6. The van der Waals surface area contributed by atoms with E-state index in [1.54, 1.807) is 18.2 Å². The van der Waals surface area contributed by atoms with Crippen LogP contribution in [0.1, 0.15) is 39.7 Å². The third kappa shape index (κ3) is 7.38. The molecule has 37 heavy (non-hydrogen) atoms. The molecule has 0 fully saturated rings. The number of rotatable bonds is 12. The molecule has 10 heteroatoms. The van der Waals surface area contributed by atoms with Crippen molar-refractivity contribution >= 4 is 27.5 Å². The number of anilines is 1. The Kier molecular flexibility index (Phi) is 9.79. The highest BCUT2D eigenvalue weighted by molar-refractivity contribution is 7.92. The van der Waals surface area contributed by atoms with Crippen LogP contribution in [0.4, 0.5) is 5.69 Å². The Hall–Kier alpha value is -3.27. The van der Waals surface area contributed by atoms with Gasteiger partial charge in [0.1, 0.15) is 25.8 Å². The second-order valence-corrected chi connectivity index (χ2v) is 11.3. The molecule has 1 atom stereocenters. The topological polar surface area (TPSA) is 105 Å². The van der Waals surface area contributed by atoms with Crippen LogP contribution in [0, 0.1) is 0 Å². The maximum atomic E-state index is 13.8. The fourth-order valence-corrected chi connectivity index (χ4v) is 5.24. The molecule has 2 aromatic rings. The smallest absolute Gasteiger partial charge is 0.244 e. The first-order valence-corrected chi connectivity index (χ1v) is 14.3. The molecule has 1 aliphatic rings. The van der Waals surface area contributed by atoms with Crippen molar-refractivity contribution < 1.29 is 27.5 Å². The standard InChI is InChI=1S/C27H37N3O6S/c1-5-23(27(32)28-20(3)4)29(15-14-21-10-8-7-9-11-21)26(31)19-30(37(33,34)6-2)22-12-13-24-25(18-22)36-17-16-35-24/h7-13,18,20,23H,5-6,14-17,19H2,1-4H3,(H,28,32). The van der Waals surface area contributed by atoms with Crippen LogP contribution >= 0.6 is 0 Å². The zero-order valence-corrected chi connectivity index (χ0v) is 22.8. The fourth-order valence-electron chi connectivity index (χ4n) is 4.18. The van der Waals surface area contributed by atoms with Gasteiger partial charge >= 0.3 is 0 Å². The third-order valence-electron chi connectivity index (χ3n) is 6.09. The predicted octanol–water partition coefficient (Wildman–Crippen LogP) is 2.99. The molecule has 1 aliphatic heterocycles. The molecule has 0 aromatic heterocycles. The summed E-state index contributed by atoms with van der Waals surface area (Å²) in [5.41, 5.74) is 1.33. The van der Waals surface area contributed by atoms with E-state index < -0.39 is 28.5 Å². The van der Waals surface area contributed by atoms with Crippen LogP contribution in [0.3, 0.4) is 0 Å². The van der Waals surface area contributed by atoms with Crippen molar-refractivity contribution in [2.45, 2.75) is 52.6 Å². The third-order valence-corrected chi connectivity index (χ3v) is 7.84. The number of carbonyl (C=O) groups excluding carboxylic acids is 2. The van der Waals surface area contributed by atoms with Crippen molar-refractivity contribution in [2.24, 2.45) is 0 Å². The van der Waals surface area contributed by atoms with Crippen molar-refractivity contribution in [1.29, 1.82) is 0 Å². The van der Waals surface area contributed by atoms with Gasteiger partial charge in [0.05, 0.1) is 11.4 Å². The van der Waals surface area contributed by atoms with Crippen LogP contribution < -0.4 is 19.1 Å². The summed E-state index contributed by atoms with van der Waals surface area (Å²) in [6, 6.07) is 13.7. The molecule has 2 amide bonds. The summed E-state index contributed by atoms with van der Waals surface area (Å²) >= 11 is 0. The monoisotopic (exact) mass is 531 g/mol. The molecule has 0 aliphatic carbocycles. The van der Waals surface area contributed by atoms with E-state index in [1.165, 1.54) is 11.8 Å². The van der Waals surface area contributed by atoms with E-state index in [9.17, 15) is 18.0 Å². The highest BCUT2D eigenvalue weighted by atomic mass is 32.2. The molecular formula is C27H37N3O6S. The van der Waals surface area contributed by atoms with Gasteiger partial charge in [-0.3, -0.25) is 13.9 Å². The summed E-state index contributed by atoms with van der Waals surface area (Å²) in [7, 11) is -3.82. The normalized spacial score (nSPS) is 13.6. The van der Waals surface area contributed by atoms with Gasteiger partial charge in [0.15, 0.2) is 11.5 Å². The number of amides is 2. The minimum Gasteiger partial charge on any atom is -0.486 e. The zero-order valence-electron chi connectivity index (χ0n) is 22.0. The van der Waals surface area contributed by atoms with Gasteiger partial charge in [-0.25, -0.2) is 8.42 Å². The van der Waals surface area contributed by atoms with Crippen LogP contribution in [0.25, 0.3) is 0 Å². The lowest BCUT2D eigenvalue weighted by molar-refractivity contribution is -0.139. The second-order valence-electron chi connectivity index (χ2n) is 9.15. The Balaban J connectivity index is 1.93. The summed E-state index contributed by atoms with van der Waals surface area (Å²) in [6.07, 6.45) is 0.923. The lowest BCUT2D eigenvalue weighted by atomic mass is 10.1. The van der Waals surface area contributed by atoms with Gasteiger partial charge < -0.3 is 19.7 Å². The molecule has 202 valence electrons. The molecule has 0 bridgehead atoms. The Morgan fingerprint density at radius 3 is 2.30 bits per heavy atom. The first kappa shape index (κ1) is 28.3. The molecule has 0 saturated heterocycles. The average Bonchev–Trinajstić information content (AvgIpc) is 2.89. The molecule has 1 unspecified atom stereocenters. The number of sulfonamides is 1. The van der Waals surface area contributed by atoms with E-state index >= 15 is 0 Å². The van der Waals surface area contributed by atoms with E-state index in [4.69, 9.17) is 9.47 Å². The van der Waals surface area contributed by atoms with E-state index in [0.29, 0.717) is 43.2 Å². The molecule has 1 N–H and O–H groups in total.